The maximum Gasteiger partial charge on any atom is 0.194 e. The van der Waals surface area contributed by atoms with E-state index in [0.717, 1.165) is 77.5 Å². The zero-order valence-corrected chi connectivity index (χ0v) is 24.8. The summed E-state index contributed by atoms with van der Waals surface area (Å²) in [6.45, 7) is 11.3. The second-order valence-electron chi connectivity index (χ2n) is 13.9. The van der Waals surface area contributed by atoms with Gasteiger partial charge in [0.05, 0.1) is 8.07 Å². The van der Waals surface area contributed by atoms with Crippen molar-refractivity contribution in [2.24, 2.45) is 17.3 Å². The quantitative estimate of drug-likeness (QED) is 0.270. The van der Waals surface area contributed by atoms with Gasteiger partial charge < -0.3 is 5.11 Å². The van der Waals surface area contributed by atoms with Gasteiger partial charge in [-0.25, -0.2) is 0 Å². The molecule has 0 unspecified atom stereocenters. The highest BCUT2D eigenvalue weighted by Crippen LogP contribution is 2.60. The lowest BCUT2D eigenvalue weighted by molar-refractivity contribution is -0.129. The van der Waals surface area contributed by atoms with E-state index >= 15 is 0 Å². The van der Waals surface area contributed by atoms with Gasteiger partial charge in [-0.3, -0.25) is 9.59 Å². The zero-order valence-electron chi connectivity index (χ0n) is 23.8. The number of hydrogen-bond acceptors (Lipinski definition) is 3. The van der Waals surface area contributed by atoms with Crippen molar-refractivity contribution in [2.75, 3.05) is 0 Å². The van der Waals surface area contributed by atoms with Crippen LogP contribution in [0.25, 0.3) is 22.3 Å². The monoisotopic (exact) mass is 534 g/mol. The highest BCUT2D eigenvalue weighted by Gasteiger charge is 2.54. The molecule has 39 heavy (non-hydrogen) atoms. The van der Waals surface area contributed by atoms with Gasteiger partial charge in [-0.1, -0.05) is 50.8 Å². The summed E-state index contributed by atoms with van der Waals surface area (Å²) in [7, 11) is -1.92. The number of Topliss-reactive ketones (excluding diaryl/α,β-unsaturated/α-hetero) is 1. The Labute approximate surface area is 232 Å². The predicted molar refractivity (Wildman–Crippen MR) is 160 cm³/mol. The molecule has 1 N–H and O–H groups in total. The van der Waals surface area contributed by atoms with Crippen molar-refractivity contribution in [1.29, 1.82) is 0 Å². The van der Waals surface area contributed by atoms with Crippen molar-refractivity contribution in [3.8, 4) is 28.0 Å². The normalized spacial score (nSPS) is 27.1. The molecule has 0 amide bonds. The summed E-state index contributed by atoms with van der Waals surface area (Å²) in [5.74, 6) is 2.43. The van der Waals surface area contributed by atoms with Gasteiger partial charge in [0.25, 0.3) is 0 Å². The van der Waals surface area contributed by atoms with Crippen LogP contribution in [0.2, 0.25) is 19.6 Å². The summed E-state index contributed by atoms with van der Waals surface area (Å²) in [4.78, 5) is 26.5. The minimum atomic E-state index is -1.92. The molecular weight excluding hydrogens is 496 g/mol. The van der Waals surface area contributed by atoms with Crippen LogP contribution in [-0.4, -0.2) is 24.7 Å². The lowest BCUT2D eigenvalue weighted by Crippen LogP contribution is -2.43. The summed E-state index contributed by atoms with van der Waals surface area (Å²) >= 11 is 0. The van der Waals surface area contributed by atoms with Crippen LogP contribution in [0.3, 0.4) is 0 Å². The van der Waals surface area contributed by atoms with Crippen LogP contribution in [0.5, 0.6) is 5.75 Å². The molecule has 3 nitrogen and oxygen atoms in total. The number of carbonyl (C=O) groups excluding carboxylic acids is 2. The molecule has 0 bridgehead atoms. The van der Waals surface area contributed by atoms with Crippen LogP contribution in [-0.2, 0) is 11.2 Å². The molecule has 4 atom stereocenters. The maximum absolute atomic E-state index is 13.7. The van der Waals surface area contributed by atoms with Crippen molar-refractivity contribution in [1.82, 2.24) is 0 Å². The summed E-state index contributed by atoms with van der Waals surface area (Å²) < 4.78 is 0. The fourth-order valence-electron chi connectivity index (χ4n) is 9.09. The van der Waals surface area contributed by atoms with Gasteiger partial charge >= 0.3 is 0 Å². The Morgan fingerprint density at radius 1 is 0.872 bits per heavy atom. The van der Waals surface area contributed by atoms with Crippen molar-refractivity contribution in [3.05, 3.63) is 70.3 Å². The number of carbonyl (C=O) groups is 2. The van der Waals surface area contributed by atoms with Crippen LogP contribution < -0.4 is 5.19 Å². The zero-order chi connectivity index (χ0) is 27.4. The molecule has 0 saturated heterocycles. The first-order valence-corrected chi connectivity index (χ1v) is 18.2. The molecule has 0 aromatic heterocycles. The standard InChI is InChI=1S/C35H38O3Si/c1-19-25(17-28-21-8-6-7-9-24(21)33(38)32(28)34(19)39(3,4)5)27-18-26-20(16-30(27)36)10-11-23-22(26)14-15-35(2)29(23)12-13-31(35)37/h6-9,16-18,22-23,29,36H,10-15H2,1-5H3/t22-,23+,29-,35-/m0/s1. The summed E-state index contributed by atoms with van der Waals surface area (Å²) in [6, 6.07) is 14.4. The van der Waals surface area contributed by atoms with Crippen molar-refractivity contribution < 1.29 is 14.7 Å². The van der Waals surface area contributed by atoms with Crippen LogP contribution in [0.4, 0.5) is 0 Å². The average Bonchev–Trinajstić information content (AvgIpc) is 3.35. The number of hydrogen-bond donors (Lipinski definition) is 1. The highest BCUT2D eigenvalue weighted by molar-refractivity contribution is 6.90. The number of aryl methyl sites for hydroxylation is 1. The van der Waals surface area contributed by atoms with E-state index in [0.29, 0.717) is 29.3 Å². The Balaban J connectivity index is 1.41. The van der Waals surface area contributed by atoms with Crippen LogP contribution >= 0.6 is 0 Å². The Hall–Kier alpha value is -2.98. The van der Waals surface area contributed by atoms with Crippen LogP contribution in [0.15, 0.2) is 42.5 Å². The molecule has 0 aliphatic heterocycles. The number of fused-ring (bicyclic) bond motifs is 8. The lowest BCUT2D eigenvalue weighted by atomic mass is 9.55. The molecule has 0 radical (unpaired) electrons. The van der Waals surface area contributed by atoms with Crippen LogP contribution in [0.1, 0.15) is 77.6 Å². The van der Waals surface area contributed by atoms with E-state index in [9.17, 15) is 14.7 Å². The topological polar surface area (TPSA) is 54.4 Å². The molecule has 2 saturated carbocycles. The molecule has 4 heteroatoms. The summed E-state index contributed by atoms with van der Waals surface area (Å²) in [5, 5.41) is 12.7. The Morgan fingerprint density at radius 3 is 2.36 bits per heavy atom. The predicted octanol–water partition coefficient (Wildman–Crippen LogP) is 7.55. The van der Waals surface area contributed by atoms with E-state index < -0.39 is 8.07 Å². The number of rotatable bonds is 2. The van der Waals surface area contributed by atoms with Crippen LogP contribution in [0, 0.1) is 24.2 Å². The van der Waals surface area contributed by atoms with Crippen molar-refractivity contribution >= 4 is 24.8 Å². The number of aromatic hydroxyl groups is 1. The van der Waals surface area contributed by atoms with Gasteiger partial charge in [-0.05, 0) is 114 Å². The molecule has 200 valence electrons. The largest absolute Gasteiger partial charge is 0.507 e. The minimum absolute atomic E-state index is 0.138. The smallest absolute Gasteiger partial charge is 0.194 e. The third kappa shape index (κ3) is 3.40. The molecule has 3 aromatic rings. The molecule has 2 fully saturated rings. The fraction of sp³-hybridized carbons (Fsp3) is 0.429. The lowest BCUT2D eigenvalue weighted by Gasteiger charge is -2.48. The number of ketones is 2. The summed E-state index contributed by atoms with van der Waals surface area (Å²) in [6.07, 6.45) is 5.88. The second kappa shape index (κ2) is 8.27. The van der Waals surface area contributed by atoms with E-state index in [1.807, 2.05) is 24.3 Å². The third-order valence-corrected chi connectivity index (χ3v) is 13.0. The maximum atomic E-state index is 13.7. The Morgan fingerprint density at radius 2 is 1.62 bits per heavy atom. The van der Waals surface area contributed by atoms with E-state index in [1.54, 1.807) is 0 Å². The molecular formula is C35H38O3Si. The highest BCUT2D eigenvalue weighted by atomic mass is 28.3. The summed E-state index contributed by atoms with van der Waals surface area (Å²) in [5.41, 5.74) is 9.28. The van der Waals surface area contributed by atoms with Gasteiger partial charge in [-0.2, -0.15) is 0 Å². The molecule has 7 rings (SSSR count). The molecule has 4 aliphatic rings. The van der Waals surface area contributed by atoms with Crippen molar-refractivity contribution in [3.63, 3.8) is 0 Å². The second-order valence-corrected chi connectivity index (χ2v) is 18.9. The van der Waals surface area contributed by atoms with E-state index in [-0.39, 0.29) is 11.2 Å². The van der Waals surface area contributed by atoms with Gasteiger partial charge in [0.2, 0.25) is 0 Å². The molecule has 3 aromatic carbocycles. The Kier molecular flexibility index (Phi) is 5.30. The number of phenols is 1. The van der Waals surface area contributed by atoms with Crippen molar-refractivity contribution in [2.45, 2.75) is 77.9 Å². The van der Waals surface area contributed by atoms with E-state index in [2.05, 4.69) is 51.7 Å². The fourth-order valence-corrected chi connectivity index (χ4v) is 11.4. The Bertz CT molecular complexity index is 1590. The van der Waals surface area contributed by atoms with Gasteiger partial charge in [-0.15, -0.1) is 0 Å². The molecule has 4 aliphatic carbocycles. The van der Waals surface area contributed by atoms with E-state index in [4.69, 9.17) is 0 Å². The molecule has 0 heterocycles. The van der Waals surface area contributed by atoms with E-state index in [1.165, 1.54) is 16.3 Å². The first-order chi connectivity index (χ1) is 18.5. The third-order valence-electron chi connectivity index (χ3n) is 10.9. The van der Waals surface area contributed by atoms with Gasteiger partial charge in [0, 0.05) is 28.5 Å². The van der Waals surface area contributed by atoms with Gasteiger partial charge in [0.1, 0.15) is 11.5 Å². The number of phenolic OH excluding ortho intramolecular Hbond substituents is 1. The first kappa shape index (κ1) is 25.0. The molecule has 0 spiro atoms. The average molecular weight is 535 g/mol. The SMILES string of the molecule is Cc1c(-c2cc3c(cc2O)CC[C@@H]2[C@@H]3CC[C@]3(C)C(=O)CC[C@@H]23)cc2c(c1[Si](C)(C)C)C(=O)c1ccccc1-2. The number of benzene rings is 3. The first-order valence-electron chi connectivity index (χ1n) is 14.7. The van der Waals surface area contributed by atoms with Gasteiger partial charge in [0.15, 0.2) is 5.78 Å². The minimum Gasteiger partial charge on any atom is -0.507 e.